The minimum Gasteiger partial charge on any atom is -0.347 e. The predicted molar refractivity (Wildman–Crippen MR) is 69.2 cm³/mol. The average molecular weight is 264 g/mol. The van der Waals surface area contributed by atoms with E-state index in [2.05, 4.69) is 10.6 Å². The number of hydrogen-bond acceptors (Lipinski definition) is 3. The molecule has 1 fully saturated rings. The summed E-state index contributed by atoms with van der Waals surface area (Å²) in [7, 11) is 3.36. The number of likely N-dealkylation sites (N-methyl/N-ethyl adjacent to an activating group) is 1. The van der Waals surface area contributed by atoms with Crippen molar-refractivity contribution >= 4 is 24.2 Å². The molecule has 1 heterocycles. The van der Waals surface area contributed by atoms with Crippen molar-refractivity contribution in [3.63, 3.8) is 0 Å². The van der Waals surface area contributed by atoms with Crippen LogP contribution in [0.25, 0.3) is 0 Å². The van der Waals surface area contributed by atoms with E-state index in [1.807, 2.05) is 6.92 Å². The molecule has 17 heavy (non-hydrogen) atoms. The first kappa shape index (κ1) is 16.2. The third-order valence-corrected chi connectivity index (χ3v) is 3.04. The molecule has 1 atom stereocenters. The number of rotatable bonds is 3. The lowest BCUT2D eigenvalue weighted by atomic mass is 9.82. The summed E-state index contributed by atoms with van der Waals surface area (Å²) < 4.78 is 0. The van der Waals surface area contributed by atoms with E-state index in [-0.39, 0.29) is 36.2 Å². The van der Waals surface area contributed by atoms with Crippen molar-refractivity contribution in [2.45, 2.75) is 19.8 Å². The quantitative estimate of drug-likeness (QED) is 0.754. The van der Waals surface area contributed by atoms with Crippen LogP contribution in [0, 0.1) is 5.41 Å². The van der Waals surface area contributed by atoms with E-state index in [9.17, 15) is 9.59 Å². The summed E-state index contributed by atoms with van der Waals surface area (Å²) in [5.74, 6) is -0.115. The summed E-state index contributed by atoms with van der Waals surface area (Å²) in [6.45, 7) is 3.69. The van der Waals surface area contributed by atoms with E-state index in [1.165, 1.54) is 4.90 Å². The number of halogens is 1. The summed E-state index contributed by atoms with van der Waals surface area (Å²) in [5.41, 5.74) is -0.370. The maximum absolute atomic E-state index is 11.9. The standard InChI is InChI=1S/C11H21N3O2.ClH/c1-11(5-4-6-12-8-11)10(16)13-7-9(15)14(2)3;/h12H,4-8H2,1-3H3,(H,13,16);1H. The Morgan fingerprint density at radius 1 is 1.41 bits per heavy atom. The zero-order chi connectivity index (χ0) is 12.2. The molecule has 0 spiro atoms. The molecule has 0 aliphatic carbocycles. The van der Waals surface area contributed by atoms with Crippen LogP contribution in [0.1, 0.15) is 19.8 Å². The molecule has 0 radical (unpaired) electrons. The third-order valence-electron chi connectivity index (χ3n) is 3.04. The van der Waals surface area contributed by atoms with Crippen molar-refractivity contribution in [3.8, 4) is 0 Å². The fourth-order valence-electron chi connectivity index (χ4n) is 1.78. The number of amides is 2. The molecule has 1 unspecified atom stereocenters. The van der Waals surface area contributed by atoms with Crippen LogP contribution in [0.2, 0.25) is 0 Å². The molecule has 6 heteroatoms. The van der Waals surface area contributed by atoms with Crippen LogP contribution in [-0.2, 0) is 9.59 Å². The molecule has 5 nitrogen and oxygen atoms in total. The Balaban J connectivity index is 0.00000256. The van der Waals surface area contributed by atoms with Gasteiger partial charge in [-0.1, -0.05) is 0 Å². The Hall–Kier alpha value is -0.810. The molecule has 1 aliphatic rings. The molecule has 1 saturated heterocycles. The zero-order valence-corrected chi connectivity index (χ0v) is 11.5. The van der Waals surface area contributed by atoms with Crippen LogP contribution in [-0.4, -0.2) is 50.4 Å². The van der Waals surface area contributed by atoms with Crippen molar-refractivity contribution in [1.29, 1.82) is 0 Å². The number of carbonyl (C=O) groups is 2. The second kappa shape index (κ2) is 6.81. The van der Waals surface area contributed by atoms with Crippen LogP contribution in [0.4, 0.5) is 0 Å². The number of carbonyl (C=O) groups excluding carboxylic acids is 2. The summed E-state index contributed by atoms with van der Waals surface area (Å²) in [6, 6.07) is 0. The highest BCUT2D eigenvalue weighted by Gasteiger charge is 2.34. The molecule has 0 aromatic carbocycles. The number of nitrogens with zero attached hydrogens (tertiary/aromatic N) is 1. The highest BCUT2D eigenvalue weighted by molar-refractivity contribution is 5.87. The summed E-state index contributed by atoms with van der Waals surface area (Å²) >= 11 is 0. The minimum atomic E-state index is -0.370. The van der Waals surface area contributed by atoms with Crippen molar-refractivity contribution in [1.82, 2.24) is 15.5 Å². The Morgan fingerprint density at radius 2 is 2.06 bits per heavy atom. The normalized spacial score (nSPS) is 23.5. The van der Waals surface area contributed by atoms with Gasteiger partial charge in [-0.15, -0.1) is 12.4 Å². The first-order valence-corrected chi connectivity index (χ1v) is 5.65. The molecular weight excluding hydrogens is 242 g/mol. The van der Waals surface area contributed by atoms with Crippen LogP contribution >= 0.6 is 12.4 Å². The average Bonchev–Trinajstić information content (AvgIpc) is 2.26. The molecule has 1 rings (SSSR count). The molecule has 0 aromatic rings. The molecule has 0 bridgehead atoms. The van der Waals surface area contributed by atoms with Crippen LogP contribution in [0.3, 0.4) is 0 Å². The molecule has 2 N–H and O–H groups in total. The highest BCUT2D eigenvalue weighted by Crippen LogP contribution is 2.25. The third kappa shape index (κ3) is 4.52. The van der Waals surface area contributed by atoms with Gasteiger partial charge in [0.05, 0.1) is 12.0 Å². The lowest BCUT2D eigenvalue weighted by Crippen LogP contribution is -2.50. The summed E-state index contributed by atoms with van der Waals surface area (Å²) in [4.78, 5) is 24.7. The smallest absolute Gasteiger partial charge is 0.241 e. The van der Waals surface area contributed by atoms with Gasteiger partial charge in [0.1, 0.15) is 0 Å². The predicted octanol–water partition coefficient (Wildman–Crippen LogP) is 0.00230. The SMILES string of the molecule is CN(C)C(=O)CNC(=O)C1(C)CCCNC1.Cl. The summed E-state index contributed by atoms with van der Waals surface area (Å²) in [5, 5.41) is 5.91. The van der Waals surface area contributed by atoms with Gasteiger partial charge in [0.2, 0.25) is 11.8 Å². The Labute approximate surface area is 109 Å². The van der Waals surface area contributed by atoms with Gasteiger partial charge < -0.3 is 15.5 Å². The minimum absolute atomic E-state index is 0. The monoisotopic (exact) mass is 263 g/mol. The van der Waals surface area contributed by atoms with Crippen LogP contribution < -0.4 is 10.6 Å². The number of piperidine rings is 1. The van der Waals surface area contributed by atoms with Gasteiger partial charge in [0, 0.05) is 20.6 Å². The lowest BCUT2D eigenvalue weighted by molar-refractivity contribution is -0.135. The van der Waals surface area contributed by atoms with E-state index in [1.54, 1.807) is 14.1 Å². The first-order chi connectivity index (χ1) is 7.46. The zero-order valence-electron chi connectivity index (χ0n) is 10.7. The van der Waals surface area contributed by atoms with Gasteiger partial charge in [-0.2, -0.15) is 0 Å². The second-order valence-electron chi connectivity index (χ2n) is 4.81. The summed E-state index contributed by atoms with van der Waals surface area (Å²) in [6.07, 6.45) is 1.88. The highest BCUT2D eigenvalue weighted by atomic mass is 35.5. The van der Waals surface area contributed by atoms with E-state index in [0.717, 1.165) is 19.4 Å². The van der Waals surface area contributed by atoms with Gasteiger partial charge >= 0.3 is 0 Å². The maximum Gasteiger partial charge on any atom is 0.241 e. The Morgan fingerprint density at radius 3 is 2.53 bits per heavy atom. The van der Waals surface area contributed by atoms with E-state index in [4.69, 9.17) is 0 Å². The number of nitrogens with one attached hydrogen (secondary N) is 2. The molecule has 0 aromatic heterocycles. The molecule has 2 amide bonds. The van der Waals surface area contributed by atoms with Gasteiger partial charge in [-0.05, 0) is 26.3 Å². The lowest BCUT2D eigenvalue weighted by Gasteiger charge is -2.32. The van der Waals surface area contributed by atoms with Crippen molar-refractivity contribution in [3.05, 3.63) is 0 Å². The molecular formula is C11H22ClN3O2. The number of hydrogen-bond donors (Lipinski definition) is 2. The fourth-order valence-corrected chi connectivity index (χ4v) is 1.78. The first-order valence-electron chi connectivity index (χ1n) is 5.65. The second-order valence-corrected chi connectivity index (χ2v) is 4.81. The van der Waals surface area contributed by atoms with Crippen molar-refractivity contribution < 1.29 is 9.59 Å². The van der Waals surface area contributed by atoms with E-state index in [0.29, 0.717) is 6.54 Å². The van der Waals surface area contributed by atoms with Gasteiger partial charge in [-0.25, -0.2) is 0 Å². The fraction of sp³-hybridized carbons (Fsp3) is 0.818. The van der Waals surface area contributed by atoms with Crippen LogP contribution in [0.15, 0.2) is 0 Å². The largest absolute Gasteiger partial charge is 0.347 e. The topological polar surface area (TPSA) is 61.4 Å². The van der Waals surface area contributed by atoms with Crippen LogP contribution in [0.5, 0.6) is 0 Å². The van der Waals surface area contributed by atoms with Gasteiger partial charge in [0.15, 0.2) is 0 Å². The van der Waals surface area contributed by atoms with Gasteiger partial charge in [0.25, 0.3) is 0 Å². The van der Waals surface area contributed by atoms with Crippen molar-refractivity contribution in [2.24, 2.45) is 5.41 Å². The van der Waals surface area contributed by atoms with E-state index >= 15 is 0 Å². The maximum atomic E-state index is 11.9. The molecule has 100 valence electrons. The van der Waals surface area contributed by atoms with Crippen molar-refractivity contribution in [2.75, 3.05) is 33.7 Å². The van der Waals surface area contributed by atoms with E-state index < -0.39 is 0 Å². The Kier molecular flexibility index (Phi) is 6.49. The molecule has 0 saturated carbocycles. The van der Waals surface area contributed by atoms with Gasteiger partial charge in [-0.3, -0.25) is 9.59 Å². The molecule has 1 aliphatic heterocycles. The Bertz CT molecular complexity index is 276.